The number of aromatic amines is 1. The zero-order chi connectivity index (χ0) is 15.3. The average Bonchev–Trinajstić information content (AvgIpc) is 2.94. The third-order valence-electron chi connectivity index (χ3n) is 2.83. The minimum atomic E-state index is -3.72. The molecule has 1 aromatic heterocycles. The van der Waals surface area contributed by atoms with E-state index in [9.17, 15) is 8.42 Å². The van der Waals surface area contributed by atoms with Crippen LogP contribution in [0.25, 0.3) is 0 Å². The highest BCUT2D eigenvalue weighted by Gasteiger charge is 2.20. The lowest BCUT2D eigenvalue weighted by Gasteiger charge is -2.09. The molecule has 0 unspecified atom stereocenters. The van der Waals surface area contributed by atoms with Crippen molar-refractivity contribution in [3.63, 3.8) is 0 Å². The molecule has 1 aromatic carbocycles. The third-order valence-corrected chi connectivity index (χ3v) is 4.23. The Hall–Kier alpha value is -2.06. The summed E-state index contributed by atoms with van der Waals surface area (Å²) in [4.78, 5) is 0. The molecule has 0 aliphatic carbocycles. The van der Waals surface area contributed by atoms with Gasteiger partial charge in [-0.2, -0.15) is 13.5 Å². The lowest BCUT2D eigenvalue weighted by Crippen LogP contribution is -2.18. The molecule has 0 amide bonds. The van der Waals surface area contributed by atoms with Crippen molar-refractivity contribution < 1.29 is 13.2 Å². The maximum Gasteiger partial charge on any atom is 0.279 e. The van der Waals surface area contributed by atoms with Gasteiger partial charge in [0.15, 0.2) is 5.03 Å². The summed E-state index contributed by atoms with van der Waals surface area (Å²) in [5.41, 5.74) is 1.02. The molecule has 0 spiro atoms. The van der Waals surface area contributed by atoms with Crippen LogP contribution in [0.2, 0.25) is 0 Å². The van der Waals surface area contributed by atoms with E-state index < -0.39 is 10.0 Å². The first-order valence-corrected chi connectivity index (χ1v) is 7.95. The standard InChI is InChI=1S/C13H18N4O3S/c1-3-14-8-10-9-15-16-13(10)21(18,19)17-11-5-4-6-12(7-11)20-2/h4-7,9,14,17H,3,8H2,1-2H3,(H,15,16). The second-order valence-electron chi connectivity index (χ2n) is 4.34. The molecule has 2 aromatic rings. The number of rotatable bonds is 7. The maximum absolute atomic E-state index is 12.4. The Labute approximate surface area is 123 Å². The van der Waals surface area contributed by atoms with E-state index in [-0.39, 0.29) is 5.03 Å². The van der Waals surface area contributed by atoms with Crippen molar-refractivity contribution in [3.8, 4) is 5.75 Å². The summed E-state index contributed by atoms with van der Waals surface area (Å²) in [5.74, 6) is 0.577. The third kappa shape index (κ3) is 3.73. The number of nitrogens with one attached hydrogen (secondary N) is 3. The van der Waals surface area contributed by atoms with Gasteiger partial charge in [-0.15, -0.1) is 0 Å². The largest absolute Gasteiger partial charge is 0.497 e. The van der Waals surface area contributed by atoms with Gasteiger partial charge in [-0.05, 0) is 18.7 Å². The summed E-state index contributed by atoms with van der Waals surface area (Å²) < 4.78 is 32.4. The molecule has 0 radical (unpaired) electrons. The van der Waals surface area contributed by atoms with E-state index >= 15 is 0 Å². The molecule has 114 valence electrons. The van der Waals surface area contributed by atoms with Crippen LogP contribution >= 0.6 is 0 Å². The van der Waals surface area contributed by atoms with Gasteiger partial charge in [-0.25, -0.2) is 0 Å². The molecule has 0 saturated heterocycles. The summed E-state index contributed by atoms with van der Waals surface area (Å²) in [5, 5.41) is 9.47. The zero-order valence-corrected chi connectivity index (χ0v) is 12.7. The minimum absolute atomic E-state index is 0.0614. The normalized spacial score (nSPS) is 11.3. The van der Waals surface area contributed by atoms with Crippen LogP contribution in [0.4, 0.5) is 5.69 Å². The van der Waals surface area contributed by atoms with E-state index in [1.54, 1.807) is 24.3 Å². The zero-order valence-electron chi connectivity index (χ0n) is 11.9. The Morgan fingerprint density at radius 2 is 2.19 bits per heavy atom. The summed E-state index contributed by atoms with van der Waals surface area (Å²) in [6.45, 7) is 3.12. The van der Waals surface area contributed by atoms with Crippen molar-refractivity contribution in [2.24, 2.45) is 0 Å². The van der Waals surface area contributed by atoms with Gasteiger partial charge in [0.25, 0.3) is 10.0 Å². The van der Waals surface area contributed by atoms with Crippen molar-refractivity contribution in [2.75, 3.05) is 18.4 Å². The van der Waals surface area contributed by atoms with E-state index in [0.717, 1.165) is 6.54 Å². The van der Waals surface area contributed by atoms with Crippen molar-refractivity contribution in [2.45, 2.75) is 18.5 Å². The highest BCUT2D eigenvalue weighted by atomic mass is 32.2. The van der Waals surface area contributed by atoms with Gasteiger partial charge in [0.2, 0.25) is 0 Å². The van der Waals surface area contributed by atoms with Crippen molar-refractivity contribution in [1.29, 1.82) is 0 Å². The van der Waals surface area contributed by atoms with Crippen LogP contribution in [0, 0.1) is 0 Å². The summed E-state index contributed by atoms with van der Waals surface area (Å²) in [6.07, 6.45) is 1.50. The van der Waals surface area contributed by atoms with Gasteiger partial charge in [0.1, 0.15) is 5.75 Å². The molecule has 3 N–H and O–H groups in total. The quantitative estimate of drug-likeness (QED) is 0.717. The SMILES string of the molecule is CCNCc1cn[nH]c1S(=O)(=O)Nc1cccc(OC)c1. The number of methoxy groups -OCH3 is 1. The molecule has 0 atom stereocenters. The predicted molar refractivity (Wildman–Crippen MR) is 79.8 cm³/mol. The number of hydrogen-bond acceptors (Lipinski definition) is 5. The average molecular weight is 310 g/mol. The number of H-pyrrole nitrogens is 1. The van der Waals surface area contributed by atoms with Gasteiger partial charge < -0.3 is 10.1 Å². The molecular formula is C13H18N4O3S. The number of aromatic nitrogens is 2. The lowest BCUT2D eigenvalue weighted by molar-refractivity contribution is 0.415. The van der Waals surface area contributed by atoms with E-state index in [1.807, 2.05) is 6.92 Å². The Kier molecular flexibility index (Phi) is 4.81. The molecule has 2 rings (SSSR count). The number of nitrogens with zero attached hydrogens (tertiary/aromatic N) is 1. The van der Waals surface area contributed by atoms with Crippen LogP contribution in [0.5, 0.6) is 5.75 Å². The molecule has 1 heterocycles. The number of anilines is 1. The van der Waals surface area contributed by atoms with Crippen molar-refractivity contribution in [1.82, 2.24) is 15.5 Å². The molecule has 8 heteroatoms. The number of ether oxygens (including phenoxy) is 1. The predicted octanol–water partition coefficient (Wildman–Crippen LogP) is 1.33. The molecule has 21 heavy (non-hydrogen) atoms. The smallest absolute Gasteiger partial charge is 0.279 e. The second kappa shape index (κ2) is 6.59. The Morgan fingerprint density at radius 3 is 2.90 bits per heavy atom. The minimum Gasteiger partial charge on any atom is -0.497 e. The van der Waals surface area contributed by atoms with Gasteiger partial charge in [-0.1, -0.05) is 13.0 Å². The topological polar surface area (TPSA) is 96.1 Å². The van der Waals surface area contributed by atoms with E-state index in [2.05, 4.69) is 20.2 Å². The Balaban J connectivity index is 2.23. The highest BCUT2D eigenvalue weighted by molar-refractivity contribution is 7.92. The fourth-order valence-electron chi connectivity index (χ4n) is 1.81. The molecule has 0 bridgehead atoms. The van der Waals surface area contributed by atoms with Crippen molar-refractivity contribution in [3.05, 3.63) is 36.0 Å². The van der Waals surface area contributed by atoms with Gasteiger partial charge in [0, 0.05) is 18.2 Å². The Bertz CT molecular complexity index is 697. The van der Waals surface area contributed by atoms with Gasteiger partial charge >= 0.3 is 0 Å². The number of benzene rings is 1. The van der Waals surface area contributed by atoms with E-state index in [0.29, 0.717) is 23.5 Å². The molecule has 7 nitrogen and oxygen atoms in total. The van der Waals surface area contributed by atoms with Gasteiger partial charge in [0.05, 0.1) is 19.0 Å². The summed E-state index contributed by atoms with van der Waals surface area (Å²) in [7, 11) is -2.19. The maximum atomic E-state index is 12.4. The highest BCUT2D eigenvalue weighted by Crippen LogP contribution is 2.21. The van der Waals surface area contributed by atoms with E-state index in [4.69, 9.17) is 4.74 Å². The van der Waals surface area contributed by atoms with Crippen LogP contribution in [-0.2, 0) is 16.6 Å². The molecular weight excluding hydrogens is 292 g/mol. The van der Waals surface area contributed by atoms with Crippen LogP contribution < -0.4 is 14.8 Å². The first kappa shape index (κ1) is 15.3. The molecule has 0 saturated carbocycles. The van der Waals surface area contributed by atoms with Crippen LogP contribution in [0.15, 0.2) is 35.5 Å². The first-order valence-electron chi connectivity index (χ1n) is 6.46. The fourth-order valence-corrected chi connectivity index (χ4v) is 2.99. The van der Waals surface area contributed by atoms with Crippen molar-refractivity contribution >= 4 is 15.7 Å². The monoisotopic (exact) mass is 310 g/mol. The number of hydrogen-bond donors (Lipinski definition) is 3. The lowest BCUT2D eigenvalue weighted by atomic mass is 10.3. The van der Waals surface area contributed by atoms with E-state index in [1.165, 1.54) is 13.3 Å². The van der Waals surface area contributed by atoms with Crippen LogP contribution in [0.3, 0.4) is 0 Å². The van der Waals surface area contributed by atoms with Crippen LogP contribution in [-0.4, -0.2) is 32.3 Å². The van der Waals surface area contributed by atoms with Crippen LogP contribution in [0.1, 0.15) is 12.5 Å². The second-order valence-corrected chi connectivity index (χ2v) is 5.96. The first-order chi connectivity index (χ1) is 10.1. The molecule has 0 fully saturated rings. The number of sulfonamides is 1. The molecule has 0 aliphatic rings. The summed E-state index contributed by atoms with van der Waals surface area (Å²) in [6, 6.07) is 6.71. The Morgan fingerprint density at radius 1 is 1.38 bits per heavy atom. The van der Waals surface area contributed by atoms with Gasteiger partial charge in [-0.3, -0.25) is 9.82 Å². The fraction of sp³-hybridized carbons (Fsp3) is 0.308. The molecule has 0 aliphatic heterocycles. The summed E-state index contributed by atoms with van der Waals surface area (Å²) >= 11 is 0.